The van der Waals surface area contributed by atoms with E-state index in [0.29, 0.717) is 11.7 Å². The fourth-order valence-electron chi connectivity index (χ4n) is 3.81. The first-order chi connectivity index (χ1) is 15.2. The number of anilines is 1. The van der Waals surface area contributed by atoms with E-state index in [-0.39, 0.29) is 0 Å². The Hall–Kier alpha value is -3.38. The van der Waals surface area contributed by atoms with E-state index in [2.05, 4.69) is 51.4 Å². The lowest BCUT2D eigenvalue weighted by molar-refractivity contribution is 0.414. The van der Waals surface area contributed by atoms with Crippen LogP contribution in [0.25, 0.3) is 10.9 Å². The SMILES string of the molecule is COc1ccccc1NC(=S)N(CCc1c(C)[nH]c2ccccc12)Cc1ccncc1. The Bertz CT molecular complexity index is 1170. The number of ether oxygens (including phenoxy) is 1. The van der Waals surface area contributed by atoms with Gasteiger partial charge in [0.25, 0.3) is 0 Å². The number of hydrogen-bond acceptors (Lipinski definition) is 3. The number of fused-ring (bicyclic) bond motifs is 1. The van der Waals surface area contributed by atoms with Crippen molar-refractivity contribution in [3.05, 3.63) is 89.9 Å². The summed E-state index contributed by atoms with van der Waals surface area (Å²) in [6, 6.07) is 20.3. The van der Waals surface area contributed by atoms with Gasteiger partial charge >= 0.3 is 0 Å². The van der Waals surface area contributed by atoms with Gasteiger partial charge in [-0.15, -0.1) is 0 Å². The van der Waals surface area contributed by atoms with Gasteiger partial charge in [-0.3, -0.25) is 4.98 Å². The zero-order valence-electron chi connectivity index (χ0n) is 17.8. The molecule has 2 heterocycles. The molecule has 0 fully saturated rings. The lowest BCUT2D eigenvalue weighted by Gasteiger charge is -2.26. The van der Waals surface area contributed by atoms with Crippen LogP contribution in [0, 0.1) is 6.92 Å². The standard InChI is InChI=1S/C25H26N4OS/c1-18-20(21-7-3-4-8-22(21)27-18)13-16-29(17-19-11-14-26-15-12-19)25(31)28-23-9-5-6-10-24(23)30-2/h3-12,14-15,27H,13,16-17H2,1-2H3,(H,28,31). The zero-order chi connectivity index (χ0) is 21.6. The van der Waals surface area contributed by atoms with Crippen molar-refractivity contribution in [3.63, 3.8) is 0 Å². The molecule has 0 bridgehead atoms. The van der Waals surface area contributed by atoms with Crippen molar-refractivity contribution in [2.45, 2.75) is 19.9 Å². The van der Waals surface area contributed by atoms with Gasteiger partial charge in [-0.1, -0.05) is 30.3 Å². The molecule has 0 radical (unpaired) electrons. The summed E-state index contributed by atoms with van der Waals surface area (Å²) in [6.07, 6.45) is 4.51. The van der Waals surface area contributed by atoms with Gasteiger partial charge in [0, 0.05) is 42.1 Å². The molecule has 4 aromatic rings. The first-order valence-corrected chi connectivity index (χ1v) is 10.7. The third-order valence-electron chi connectivity index (χ3n) is 5.42. The zero-order valence-corrected chi connectivity index (χ0v) is 18.6. The van der Waals surface area contributed by atoms with Crippen LogP contribution in [0.15, 0.2) is 73.1 Å². The lowest BCUT2D eigenvalue weighted by atomic mass is 10.1. The fraction of sp³-hybridized carbons (Fsp3) is 0.200. The van der Waals surface area contributed by atoms with Crippen molar-refractivity contribution in [2.24, 2.45) is 0 Å². The number of aryl methyl sites for hydroxylation is 1. The molecule has 2 aromatic heterocycles. The highest BCUT2D eigenvalue weighted by molar-refractivity contribution is 7.80. The van der Waals surface area contributed by atoms with Crippen LogP contribution in [0.5, 0.6) is 5.75 Å². The monoisotopic (exact) mass is 430 g/mol. The van der Waals surface area contributed by atoms with Crippen molar-refractivity contribution in [2.75, 3.05) is 19.0 Å². The molecule has 6 heteroatoms. The van der Waals surface area contributed by atoms with E-state index in [9.17, 15) is 0 Å². The summed E-state index contributed by atoms with van der Waals surface area (Å²) in [6.45, 7) is 3.62. The van der Waals surface area contributed by atoms with Crippen molar-refractivity contribution < 1.29 is 4.74 Å². The van der Waals surface area contributed by atoms with Gasteiger partial charge in [0.15, 0.2) is 5.11 Å². The minimum Gasteiger partial charge on any atom is -0.495 e. The minimum absolute atomic E-state index is 0.666. The van der Waals surface area contributed by atoms with Gasteiger partial charge in [0.05, 0.1) is 12.8 Å². The van der Waals surface area contributed by atoms with Crippen LogP contribution in [-0.2, 0) is 13.0 Å². The maximum Gasteiger partial charge on any atom is 0.173 e. The largest absolute Gasteiger partial charge is 0.495 e. The summed E-state index contributed by atoms with van der Waals surface area (Å²) in [5, 5.41) is 5.31. The Kier molecular flexibility index (Phi) is 6.48. The fourth-order valence-corrected chi connectivity index (χ4v) is 4.07. The summed E-state index contributed by atoms with van der Waals surface area (Å²) in [5.74, 6) is 0.765. The molecule has 158 valence electrons. The minimum atomic E-state index is 0.666. The van der Waals surface area contributed by atoms with E-state index >= 15 is 0 Å². The Morgan fingerprint density at radius 3 is 2.61 bits per heavy atom. The number of benzene rings is 2. The van der Waals surface area contributed by atoms with E-state index in [1.807, 2.05) is 48.8 Å². The molecule has 0 unspecified atom stereocenters. The van der Waals surface area contributed by atoms with Crippen LogP contribution in [0.3, 0.4) is 0 Å². The maximum atomic E-state index is 5.82. The number of pyridine rings is 1. The molecule has 0 aliphatic heterocycles. The number of aromatic nitrogens is 2. The third-order valence-corrected chi connectivity index (χ3v) is 5.78. The summed E-state index contributed by atoms with van der Waals surface area (Å²) in [7, 11) is 1.66. The van der Waals surface area contributed by atoms with Gasteiger partial charge in [-0.2, -0.15) is 0 Å². The molecule has 0 saturated carbocycles. The van der Waals surface area contributed by atoms with E-state index in [1.54, 1.807) is 7.11 Å². The van der Waals surface area contributed by atoms with Crippen molar-refractivity contribution >= 4 is 33.9 Å². The van der Waals surface area contributed by atoms with E-state index < -0.39 is 0 Å². The molecule has 0 saturated heterocycles. The molecule has 2 aromatic carbocycles. The van der Waals surface area contributed by atoms with Gasteiger partial charge in [-0.05, 0) is 67.0 Å². The van der Waals surface area contributed by atoms with Gasteiger partial charge < -0.3 is 19.9 Å². The second kappa shape index (κ2) is 9.62. The third kappa shape index (κ3) is 4.86. The number of methoxy groups -OCH3 is 1. The summed E-state index contributed by atoms with van der Waals surface area (Å²) in [4.78, 5) is 9.82. The molecule has 4 rings (SSSR count). The molecule has 0 aliphatic carbocycles. The van der Waals surface area contributed by atoms with Crippen LogP contribution < -0.4 is 10.1 Å². The van der Waals surface area contributed by atoms with E-state index in [4.69, 9.17) is 17.0 Å². The van der Waals surface area contributed by atoms with Crippen LogP contribution in [0.4, 0.5) is 5.69 Å². The molecule has 0 amide bonds. The highest BCUT2D eigenvalue weighted by atomic mass is 32.1. The van der Waals surface area contributed by atoms with Crippen LogP contribution >= 0.6 is 12.2 Å². The Balaban J connectivity index is 1.56. The van der Waals surface area contributed by atoms with Crippen molar-refractivity contribution in [1.29, 1.82) is 0 Å². The number of H-pyrrole nitrogens is 1. The van der Waals surface area contributed by atoms with Crippen LogP contribution in [0.2, 0.25) is 0 Å². The molecule has 2 N–H and O–H groups in total. The topological polar surface area (TPSA) is 53.2 Å². The maximum absolute atomic E-state index is 5.82. The average molecular weight is 431 g/mol. The van der Waals surface area contributed by atoms with Gasteiger partial charge in [0.1, 0.15) is 5.75 Å². The highest BCUT2D eigenvalue weighted by Crippen LogP contribution is 2.25. The predicted molar refractivity (Wildman–Crippen MR) is 131 cm³/mol. The number of rotatable bonds is 7. The normalized spacial score (nSPS) is 10.8. The first kappa shape index (κ1) is 20.9. The predicted octanol–water partition coefficient (Wildman–Crippen LogP) is 5.32. The van der Waals surface area contributed by atoms with Crippen molar-refractivity contribution in [1.82, 2.24) is 14.9 Å². The molecule has 0 atom stereocenters. The number of para-hydroxylation sites is 3. The first-order valence-electron chi connectivity index (χ1n) is 10.3. The number of nitrogens with zero attached hydrogens (tertiary/aromatic N) is 2. The second-order valence-corrected chi connectivity index (χ2v) is 7.82. The second-order valence-electron chi connectivity index (χ2n) is 7.43. The van der Waals surface area contributed by atoms with Crippen molar-refractivity contribution in [3.8, 4) is 5.75 Å². The summed E-state index contributed by atoms with van der Waals surface area (Å²) < 4.78 is 5.47. The molecule has 0 aliphatic rings. The number of nitrogens with one attached hydrogen (secondary N) is 2. The summed E-state index contributed by atoms with van der Waals surface area (Å²) >= 11 is 5.82. The highest BCUT2D eigenvalue weighted by Gasteiger charge is 2.15. The average Bonchev–Trinajstić information content (AvgIpc) is 3.12. The Morgan fingerprint density at radius 1 is 1.06 bits per heavy atom. The molecule has 0 spiro atoms. The molecule has 31 heavy (non-hydrogen) atoms. The van der Waals surface area contributed by atoms with Gasteiger partial charge in [-0.25, -0.2) is 0 Å². The Morgan fingerprint density at radius 2 is 1.81 bits per heavy atom. The number of hydrogen-bond donors (Lipinski definition) is 2. The lowest BCUT2D eigenvalue weighted by Crippen LogP contribution is -2.36. The summed E-state index contributed by atoms with van der Waals surface area (Å²) in [5.41, 5.74) is 5.72. The Labute approximate surface area is 188 Å². The van der Waals surface area contributed by atoms with E-state index in [0.717, 1.165) is 30.0 Å². The smallest absolute Gasteiger partial charge is 0.173 e. The van der Waals surface area contributed by atoms with Crippen LogP contribution in [0.1, 0.15) is 16.8 Å². The quantitative estimate of drug-likeness (QED) is 0.389. The molecular weight excluding hydrogens is 404 g/mol. The van der Waals surface area contributed by atoms with Crippen LogP contribution in [-0.4, -0.2) is 33.6 Å². The molecule has 5 nitrogen and oxygen atoms in total. The number of thiocarbonyl (C=S) groups is 1. The molecular formula is C25H26N4OS. The van der Waals surface area contributed by atoms with E-state index in [1.165, 1.54) is 22.2 Å². The van der Waals surface area contributed by atoms with Gasteiger partial charge in [0.2, 0.25) is 0 Å². The number of aromatic amines is 1.